The molecule has 1 N–H and O–H groups in total. The zero-order valence-corrected chi connectivity index (χ0v) is 14.3. The van der Waals surface area contributed by atoms with Crippen LogP contribution in [-0.2, 0) is 0 Å². The van der Waals surface area contributed by atoms with Crippen LogP contribution in [0.5, 0.6) is 0 Å². The van der Waals surface area contributed by atoms with Gasteiger partial charge in [-0.2, -0.15) is 0 Å². The third-order valence-electron chi connectivity index (χ3n) is 4.71. The topological polar surface area (TPSA) is 15.3 Å². The summed E-state index contributed by atoms with van der Waals surface area (Å²) in [6, 6.07) is 0.620. The third kappa shape index (κ3) is 5.43. The average molecular weight is 268 g/mol. The molecule has 1 unspecified atom stereocenters. The molecule has 0 spiro atoms. The molecule has 0 amide bonds. The van der Waals surface area contributed by atoms with Crippen molar-refractivity contribution in [3.05, 3.63) is 0 Å². The van der Waals surface area contributed by atoms with Crippen molar-refractivity contribution in [1.82, 2.24) is 10.2 Å². The molecule has 19 heavy (non-hydrogen) atoms. The van der Waals surface area contributed by atoms with E-state index in [9.17, 15) is 0 Å². The maximum atomic E-state index is 3.74. The minimum absolute atomic E-state index is 0.355. The summed E-state index contributed by atoms with van der Waals surface area (Å²) in [7, 11) is 0. The molecular formula is C17H36N2. The molecule has 0 aromatic rings. The molecule has 114 valence electrons. The van der Waals surface area contributed by atoms with Gasteiger partial charge in [-0.15, -0.1) is 0 Å². The van der Waals surface area contributed by atoms with Crippen LogP contribution in [0.1, 0.15) is 54.9 Å². The first-order chi connectivity index (χ1) is 8.71. The van der Waals surface area contributed by atoms with Crippen LogP contribution >= 0.6 is 0 Å². The maximum Gasteiger partial charge on any atom is 0.0243 e. The van der Waals surface area contributed by atoms with Crippen molar-refractivity contribution < 1.29 is 0 Å². The number of rotatable bonds is 4. The Kier molecular flexibility index (Phi) is 6.32. The molecule has 1 saturated heterocycles. The SMILES string of the molecule is CC(C)C(CN1CCCNC(C(C)(C)C)C1)C(C)C. The third-order valence-corrected chi connectivity index (χ3v) is 4.71. The van der Waals surface area contributed by atoms with E-state index in [2.05, 4.69) is 58.7 Å². The van der Waals surface area contributed by atoms with Crippen LogP contribution in [0.4, 0.5) is 0 Å². The van der Waals surface area contributed by atoms with Gasteiger partial charge in [0.15, 0.2) is 0 Å². The lowest BCUT2D eigenvalue weighted by Crippen LogP contribution is -2.47. The normalized spacial score (nSPS) is 23.4. The van der Waals surface area contributed by atoms with Gasteiger partial charge in [0.25, 0.3) is 0 Å². The van der Waals surface area contributed by atoms with Crippen molar-refractivity contribution in [3.63, 3.8) is 0 Å². The average Bonchev–Trinajstić information content (AvgIpc) is 2.49. The van der Waals surface area contributed by atoms with Crippen molar-refractivity contribution in [1.29, 1.82) is 0 Å². The minimum Gasteiger partial charge on any atom is -0.312 e. The number of hydrogen-bond acceptors (Lipinski definition) is 2. The zero-order chi connectivity index (χ0) is 14.6. The highest BCUT2D eigenvalue weighted by molar-refractivity contribution is 4.87. The van der Waals surface area contributed by atoms with Crippen molar-refractivity contribution in [2.75, 3.05) is 26.2 Å². The fourth-order valence-corrected chi connectivity index (χ4v) is 3.23. The van der Waals surface area contributed by atoms with Crippen LogP contribution in [0.2, 0.25) is 0 Å². The molecule has 0 aromatic carbocycles. The van der Waals surface area contributed by atoms with Crippen molar-refractivity contribution in [2.24, 2.45) is 23.2 Å². The summed E-state index contributed by atoms with van der Waals surface area (Å²) < 4.78 is 0. The fraction of sp³-hybridized carbons (Fsp3) is 1.00. The molecule has 0 radical (unpaired) electrons. The van der Waals surface area contributed by atoms with Gasteiger partial charge < -0.3 is 10.2 Å². The van der Waals surface area contributed by atoms with Crippen LogP contribution in [0.25, 0.3) is 0 Å². The molecule has 1 heterocycles. The summed E-state index contributed by atoms with van der Waals surface area (Å²) in [6.45, 7) is 21.5. The monoisotopic (exact) mass is 268 g/mol. The molecule has 2 heteroatoms. The molecular weight excluding hydrogens is 232 g/mol. The highest BCUT2D eigenvalue weighted by Gasteiger charge is 2.29. The Morgan fingerprint density at radius 3 is 2.16 bits per heavy atom. The summed E-state index contributed by atoms with van der Waals surface area (Å²) in [4.78, 5) is 2.71. The predicted molar refractivity (Wildman–Crippen MR) is 85.5 cm³/mol. The Bertz CT molecular complexity index is 244. The molecule has 0 aliphatic carbocycles. The molecule has 2 nitrogen and oxygen atoms in total. The largest absolute Gasteiger partial charge is 0.312 e. The van der Waals surface area contributed by atoms with Gasteiger partial charge in [0.2, 0.25) is 0 Å². The first kappa shape index (κ1) is 17.0. The molecule has 0 aromatic heterocycles. The molecule has 1 fully saturated rings. The van der Waals surface area contributed by atoms with Gasteiger partial charge in [-0.3, -0.25) is 0 Å². The van der Waals surface area contributed by atoms with E-state index in [0.29, 0.717) is 11.5 Å². The fourth-order valence-electron chi connectivity index (χ4n) is 3.23. The van der Waals surface area contributed by atoms with E-state index in [-0.39, 0.29) is 0 Å². The highest BCUT2D eigenvalue weighted by Crippen LogP contribution is 2.25. The Morgan fingerprint density at radius 2 is 1.68 bits per heavy atom. The molecule has 1 aliphatic heterocycles. The number of nitrogens with one attached hydrogen (secondary N) is 1. The standard InChI is InChI=1S/C17H36N2/c1-13(2)15(14(3)4)11-19-10-8-9-18-16(12-19)17(5,6)7/h13-16,18H,8-12H2,1-7H3. The summed E-state index contributed by atoms with van der Waals surface area (Å²) >= 11 is 0. The summed E-state index contributed by atoms with van der Waals surface area (Å²) in [6.07, 6.45) is 1.29. The van der Waals surface area contributed by atoms with E-state index in [4.69, 9.17) is 0 Å². The number of hydrogen-bond donors (Lipinski definition) is 1. The van der Waals surface area contributed by atoms with Gasteiger partial charge >= 0.3 is 0 Å². The van der Waals surface area contributed by atoms with Crippen molar-refractivity contribution >= 4 is 0 Å². The zero-order valence-electron chi connectivity index (χ0n) is 14.3. The Hall–Kier alpha value is -0.0800. The van der Waals surface area contributed by atoms with Crippen LogP contribution < -0.4 is 5.32 Å². The molecule has 0 bridgehead atoms. The van der Waals surface area contributed by atoms with Gasteiger partial charge in [-0.05, 0) is 42.7 Å². The summed E-state index contributed by atoms with van der Waals surface area (Å²) in [5.74, 6) is 2.38. The lowest BCUT2D eigenvalue weighted by atomic mass is 9.84. The van der Waals surface area contributed by atoms with Crippen LogP contribution in [-0.4, -0.2) is 37.1 Å². The van der Waals surface area contributed by atoms with Crippen molar-refractivity contribution in [3.8, 4) is 0 Å². The molecule has 1 rings (SSSR count). The smallest absolute Gasteiger partial charge is 0.0243 e. The minimum atomic E-state index is 0.355. The van der Waals surface area contributed by atoms with E-state index in [0.717, 1.165) is 17.8 Å². The Balaban J connectivity index is 2.65. The van der Waals surface area contributed by atoms with Gasteiger partial charge in [0, 0.05) is 19.1 Å². The van der Waals surface area contributed by atoms with E-state index in [1.807, 2.05) is 0 Å². The lowest BCUT2D eigenvalue weighted by molar-refractivity contribution is 0.141. The number of nitrogens with zero attached hydrogens (tertiary/aromatic N) is 1. The first-order valence-electron chi connectivity index (χ1n) is 8.17. The van der Waals surface area contributed by atoms with Gasteiger partial charge in [0.1, 0.15) is 0 Å². The molecule has 1 atom stereocenters. The van der Waals surface area contributed by atoms with E-state index < -0.39 is 0 Å². The second-order valence-electron chi connectivity index (χ2n) is 8.14. The Labute approximate surface area is 121 Å². The van der Waals surface area contributed by atoms with Crippen LogP contribution in [0.3, 0.4) is 0 Å². The van der Waals surface area contributed by atoms with Crippen LogP contribution in [0, 0.1) is 23.2 Å². The van der Waals surface area contributed by atoms with Gasteiger partial charge in [-0.25, -0.2) is 0 Å². The summed E-state index contributed by atoms with van der Waals surface area (Å²) in [5.41, 5.74) is 0.355. The summed E-state index contributed by atoms with van der Waals surface area (Å²) in [5, 5.41) is 3.74. The predicted octanol–water partition coefficient (Wildman–Crippen LogP) is 3.62. The van der Waals surface area contributed by atoms with Crippen LogP contribution in [0.15, 0.2) is 0 Å². The van der Waals surface area contributed by atoms with E-state index in [1.54, 1.807) is 0 Å². The Morgan fingerprint density at radius 1 is 1.11 bits per heavy atom. The van der Waals surface area contributed by atoms with Gasteiger partial charge in [0.05, 0.1) is 0 Å². The molecule has 0 saturated carbocycles. The quantitative estimate of drug-likeness (QED) is 0.837. The van der Waals surface area contributed by atoms with E-state index >= 15 is 0 Å². The molecule has 1 aliphatic rings. The lowest BCUT2D eigenvalue weighted by Gasteiger charge is -2.36. The van der Waals surface area contributed by atoms with Crippen molar-refractivity contribution in [2.45, 2.75) is 60.9 Å². The van der Waals surface area contributed by atoms with E-state index in [1.165, 1.54) is 32.6 Å². The maximum absolute atomic E-state index is 3.74. The second-order valence-corrected chi connectivity index (χ2v) is 8.14. The second kappa shape index (κ2) is 7.08. The first-order valence-corrected chi connectivity index (χ1v) is 8.17. The van der Waals surface area contributed by atoms with Gasteiger partial charge in [-0.1, -0.05) is 48.5 Å². The highest BCUT2D eigenvalue weighted by atomic mass is 15.2.